The zero-order chi connectivity index (χ0) is 21.9. The van der Waals surface area contributed by atoms with Crippen LogP contribution in [0.4, 0.5) is 0 Å². The maximum atomic E-state index is 13.5. The molecule has 0 saturated carbocycles. The second-order valence-corrected chi connectivity index (χ2v) is 10.1. The molecule has 5 nitrogen and oxygen atoms in total. The minimum atomic E-state index is -3.59. The van der Waals surface area contributed by atoms with Crippen molar-refractivity contribution in [2.24, 2.45) is 5.41 Å². The Labute approximate surface area is 180 Å². The number of methoxy groups -OCH3 is 2. The predicted octanol–water partition coefficient (Wildman–Crippen LogP) is 4.57. The molecule has 0 aliphatic carbocycles. The quantitative estimate of drug-likeness (QED) is 0.694. The third-order valence-electron chi connectivity index (χ3n) is 6.49. The molecule has 2 aromatic rings. The topological polar surface area (TPSA) is 72.8 Å². The van der Waals surface area contributed by atoms with Gasteiger partial charge in [-0.05, 0) is 54.3 Å². The van der Waals surface area contributed by atoms with Crippen molar-refractivity contribution in [3.63, 3.8) is 0 Å². The third kappa shape index (κ3) is 4.08. The Morgan fingerprint density at radius 1 is 1.07 bits per heavy atom. The summed E-state index contributed by atoms with van der Waals surface area (Å²) in [5, 5.41) is 11.8. The Hall–Kier alpha value is -2.05. The summed E-state index contributed by atoms with van der Waals surface area (Å²) in [6.45, 7) is 4.06. The molecule has 6 heteroatoms. The number of fused-ring (bicyclic) bond motifs is 1. The molecule has 2 aromatic carbocycles. The lowest BCUT2D eigenvalue weighted by atomic mass is 9.69. The molecule has 1 aliphatic heterocycles. The van der Waals surface area contributed by atoms with Crippen LogP contribution in [0.3, 0.4) is 0 Å². The molecule has 1 N–H and O–H groups in total. The van der Waals surface area contributed by atoms with E-state index in [2.05, 4.69) is 6.92 Å². The average Bonchev–Trinajstić information content (AvgIpc) is 2.83. The van der Waals surface area contributed by atoms with E-state index in [1.165, 1.54) is 0 Å². The Kier molecular flexibility index (Phi) is 6.78. The lowest BCUT2D eigenvalue weighted by molar-refractivity contribution is 0.0173. The van der Waals surface area contributed by atoms with Gasteiger partial charge in [-0.25, -0.2) is 8.42 Å². The predicted molar refractivity (Wildman–Crippen MR) is 118 cm³/mol. The zero-order valence-electron chi connectivity index (χ0n) is 18.2. The van der Waals surface area contributed by atoms with E-state index in [0.29, 0.717) is 29.9 Å². The molecule has 164 valence electrons. The molecule has 0 radical (unpaired) electrons. The van der Waals surface area contributed by atoms with Crippen molar-refractivity contribution in [2.45, 2.75) is 56.4 Å². The molecule has 1 heterocycles. The average molecular weight is 433 g/mol. The van der Waals surface area contributed by atoms with Crippen molar-refractivity contribution in [3.8, 4) is 11.5 Å². The van der Waals surface area contributed by atoms with Crippen molar-refractivity contribution in [3.05, 3.63) is 53.6 Å². The largest absolute Gasteiger partial charge is 0.497 e. The molecule has 0 unspecified atom stereocenters. The van der Waals surface area contributed by atoms with E-state index < -0.39 is 27.3 Å². The number of hydrogen-bond acceptors (Lipinski definition) is 5. The van der Waals surface area contributed by atoms with Crippen LogP contribution in [0.5, 0.6) is 11.5 Å². The van der Waals surface area contributed by atoms with Crippen molar-refractivity contribution < 1.29 is 23.0 Å². The zero-order valence-corrected chi connectivity index (χ0v) is 19.0. The van der Waals surface area contributed by atoms with Gasteiger partial charge in [0, 0.05) is 11.3 Å². The first-order valence-electron chi connectivity index (χ1n) is 10.5. The molecule has 0 aromatic heterocycles. The normalized spacial score (nSPS) is 25.2. The molecule has 0 spiro atoms. The highest BCUT2D eigenvalue weighted by atomic mass is 32.2. The van der Waals surface area contributed by atoms with Crippen LogP contribution in [0.25, 0.3) is 0 Å². The van der Waals surface area contributed by atoms with Gasteiger partial charge in [-0.1, -0.05) is 38.8 Å². The number of sulfone groups is 1. The number of aliphatic hydroxyl groups excluding tert-OH is 1. The smallest absolute Gasteiger partial charge is 0.179 e. The number of benzene rings is 2. The molecule has 0 fully saturated rings. The van der Waals surface area contributed by atoms with Crippen LogP contribution < -0.4 is 9.47 Å². The Morgan fingerprint density at radius 2 is 1.77 bits per heavy atom. The van der Waals surface area contributed by atoms with Crippen LogP contribution in [0.2, 0.25) is 0 Å². The summed E-state index contributed by atoms with van der Waals surface area (Å²) in [4.78, 5) is 0.280. The van der Waals surface area contributed by atoms with Crippen LogP contribution in [0.15, 0.2) is 47.4 Å². The molecule has 3 atom stereocenters. The maximum absolute atomic E-state index is 13.5. The summed E-state index contributed by atoms with van der Waals surface area (Å²) in [6.07, 6.45) is 2.19. The van der Waals surface area contributed by atoms with E-state index >= 15 is 0 Å². The fraction of sp³-hybridized carbons (Fsp3) is 0.500. The van der Waals surface area contributed by atoms with Crippen LogP contribution >= 0.6 is 0 Å². The third-order valence-corrected chi connectivity index (χ3v) is 8.49. The number of hydrogen-bond donors (Lipinski definition) is 1. The Morgan fingerprint density at radius 3 is 2.40 bits per heavy atom. The molecule has 30 heavy (non-hydrogen) atoms. The highest BCUT2D eigenvalue weighted by Gasteiger charge is 2.49. The van der Waals surface area contributed by atoms with Gasteiger partial charge in [-0.2, -0.15) is 0 Å². The molecular formula is C24H32O5S. The molecule has 1 aliphatic rings. The number of ether oxygens (including phenoxy) is 2. The monoisotopic (exact) mass is 432 g/mol. The van der Waals surface area contributed by atoms with E-state index in [0.717, 1.165) is 18.4 Å². The van der Waals surface area contributed by atoms with Crippen molar-refractivity contribution in [1.29, 1.82) is 0 Å². The van der Waals surface area contributed by atoms with Crippen molar-refractivity contribution >= 4 is 9.84 Å². The van der Waals surface area contributed by atoms with Crippen molar-refractivity contribution in [1.82, 2.24) is 0 Å². The van der Waals surface area contributed by atoms with Gasteiger partial charge in [0.05, 0.1) is 31.0 Å². The van der Waals surface area contributed by atoms with Gasteiger partial charge in [0.15, 0.2) is 9.84 Å². The van der Waals surface area contributed by atoms with Crippen molar-refractivity contribution in [2.75, 3.05) is 20.0 Å². The van der Waals surface area contributed by atoms with Crippen LogP contribution in [0, 0.1) is 5.41 Å². The second-order valence-electron chi connectivity index (χ2n) is 8.18. The first-order chi connectivity index (χ1) is 14.3. The fourth-order valence-corrected chi connectivity index (χ4v) is 6.93. The standard InChI is InChI=1S/C24H32O5S/c1-5-7-13-24(6-2)16-30(26,27)21-12-11-19(29-4)15-20(21)22(23(24)25)17-9-8-10-18(14-17)28-3/h8-12,14-15,22-23,25H,5-7,13,16H2,1-4H3/t22-,23-,24+/m0/s1. The maximum Gasteiger partial charge on any atom is 0.179 e. The molecule has 0 bridgehead atoms. The van der Waals surface area contributed by atoms with Gasteiger partial charge in [0.25, 0.3) is 0 Å². The van der Waals surface area contributed by atoms with Crippen LogP contribution in [0.1, 0.15) is 56.6 Å². The highest BCUT2D eigenvalue weighted by Crippen LogP contribution is 2.49. The van der Waals surface area contributed by atoms with Crippen LogP contribution in [-0.4, -0.2) is 39.6 Å². The van der Waals surface area contributed by atoms with Gasteiger partial charge < -0.3 is 14.6 Å². The van der Waals surface area contributed by atoms with Gasteiger partial charge in [-0.3, -0.25) is 0 Å². The van der Waals surface area contributed by atoms with Crippen LogP contribution in [-0.2, 0) is 9.84 Å². The first-order valence-corrected chi connectivity index (χ1v) is 12.2. The molecular weight excluding hydrogens is 400 g/mol. The van der Waals surface area contributed by atoms with Gasteiger partial charge in [-0.15, -0.1) is 0 Å². The fourth-order valence-electron chi connectivity index (χ4n) is 4.68. The van der Waals surface area contributed by atoms with E-state index in [9.17, 15) is 13.5 Å². The Balaban J connectivity index is 2.31. The number of rotatable bonds is 7. The number of unbranched alkanes of at least 4 members (excludes halogenated alkanes) is 1. The molecule has 0 amide bonds. The van der Waals surface area contributed by atoms with E-state index in [4.69, 9.17) is 9.47 Å². The second kappa shape index (κ2) is 8.98. The first kappa shape index (κ1) is 22.6. The summed E-state index contributed by atoms with van der Waals surface area (Å²) >= 11 is 0. The lowest BCUT2D eigenvalue weighted by Gasteiger charge is -2.39. The summed E-state index contributed by atoms with van der Waals surface area (Å²) in [5.74, 6) is 0.685. The van der Waals surface area contributed by atoms with E-state index in [-0.39, 0.29) is 10.6 Å². The van der Waals surface area contributed by atoms with Gasteiger partial charge >= 0.3 is 0 Å². The highest BCUT2D eigenvalue weighted by molar-refractivity contribution is 7.91. The summed E-state index contributed by atoms with van der Waals surface area (Å²) in [5.41, 5.74) is 0.694. The summed E-state index contributed by atoms with van der Waals surface area (Å²) < 4.78 is 37.8. The van der Waals surface area contributed by atoms with Gasteiger partial charge in [0.1, 0.15) is 11.5 Å². The van der Waals surface area contributed by atoms with E-state index in [1.807, 2.05) is 31.2 Å². The summed E-state index contributed by atoms with van der Waals surface area (Å²) in [6, 6.07) is 12.6. The Bertz CT molecular complexity index is 985. The minimum Gasteiger partial charge on any atom is -0.497 e. The molecule has 0 saturated heterocycles. The van der Waals surface area contributed by atoms with Gasteiger partial charge in [0.2, 0.25) is 0 Å². The summed E-state index contributed by atoms with van der Waals surface area (Å²) in [7, 11) is -0.434. The SMILES string of the molecule is CCCC[C@]1(CC)CS(=O)(=O)c2ccc(OC)cc2[C@H](c2cccc(OC)c2)[C@@H]1O. The van der Waals surface area contributed by atoms with E-state index in [1.54, 1.807) is 32.4 Å². The number of aliphatic hydroxyl groups is 1. The lowest BCUT2D eigenvalue weighted by Crippen LogP contribution is -2.42. The molecule has 3 rings (SSSR count). The minimum absolute atomic E-state index is 0.0581.